The molecule has 1 aromatic carbocycles. The van der Waals surface area contributed by atoms with Crippen LogP contribution in [0.4, 0.5) is 0 Å². The molecule has 0 aliphatic carbocycles. The number of nitrogens with two attached hydrogens (primary N) is 1. The molecule has 0 spiro atoms. The lowest BCUT2D eigenvalue weighted by molar-refractivity contribution is 0.0940. The molecular weight excluding hydrogens is 272 g/mol. The summed E-state index contributed by atoms with van der Waals surface area (Å²) in [6.45, 7) is 4.22. The van der Waals surface area contributed by atoms with E-state index in [1.165, 1.54) is 0 Å². The molecule has 3 N–H and O–H groups in total. The Morgan fingerprint density at radius 3 is 2.40 bits per heavy atom. The molecule has 0 saturated heterocycles. The minimum Gasteiger partial charge on any atom is -0.389 e. The number of hydrogen-bond donors (Lipinski definition) is 2. The van der Waals surface area contributed by atoms with Crippen molar-refractivity contribution in [2.24, 2.45) is 5.73 Å². The molecule has 20 heavy (non-hydrogen) atoms. The van der Waals surface area contributed by atoms with E-state index in [1.54, 1.807) is 24.3 Å². The third-order valence-corrected chi connectivity index (χ3v) is 3.06. The molecule has 0 radical (unpaired) electrons. The summed E-state index contributed by atoms with van der Waals surface area (Å²) in [5.41, 5.74) is 6.88. The fourth-order valence-electron chi connectivity index (χ4n) is 1.61. The average Bonchev–Trinajstić information content (AvgIpc) is 2.46. The van der Waals surface area contributed by atoms with Gasteiger partial charge in [0.2, 0.25) is 0 Å². The van der Waals surface area contributed by atoms with Crippen LogP contribution in [0.1, 0.15) is 42.1 Å². The number of carbonyl (C=O) groups is 1. The number of rotatable bonds is 9. The lowest BCUT2D eigenvalue weighted by Crippen LogP contribution is -2.25. The zero-order chi connectivity index (χ0) is 14.8. The van der Waals surface area contributed by atoms with Gasteiger partial charge in [0.05, 0.1) is 0 Å². The molecule has 0 atom stereocenters. The Morgan fingerprint density at radius 2 is 1.80 bits per heavy atom. The van der Waals surface area contributed by atoms with Crippen molar-refractivity contribution >= 4 is 23.1 Å². The Kier molecular flexibility index (Phi) is 7.84. The topological polar surface area (TPSA) is 64.3 Å². The summed E-state index contributed by atoms with van der Waals surface area (Å²) in [6.07, 6.45) is 3.04. The van der Waals surface area contributed by atoms with Gasteiger partial charge in [-0.1, -0.05) is 37.7 Å². The van der Waals surface area contributed by atoms with Crippen LogP contribution < -0.4 is 11.1 Å². The first kappa shape index (κ1) is 16.6. The minimum atomic E-state index is -0.0898. The lowest BCUT2D eigenvalue weighted by atomic mass is 10.1. The van der Waals surface area contributed by atoms with Gasteiger partial charge in [-0.25, -0.2) is 0 Å². The zero-order valence-electron chi connectivity index (χ0n) is 11.9. The van der Waals surface area contributed by atoms with Gasteiger partial charge in [-0.05, 0) is 25.0 Å². The second-order valence-corrected chi connectivity index (χ2v) is 4.96. The largest absolute Gasteiger partial charge is 0.389 e. The van der Waals surface area contributed by atoms with Crippen LogP contribution in [-0.2, 0) is 4.74 Å². The molecule has 1 aromatic rings. The third-order valence-electron chi connectivity index (χ3n) is 2.82. The number of nitrogens with one attached hydrogen (secondary N) is 1. The van der Waals surface area contributed by atoms with E-state index in [2.05, 4.69) is 12.2 Å². The van der Waals surface area contributed by atoms with Crippen molar-refractivity contribution in [1.82, 2.24) is 5.32 Å². The van der Waals surface area contributed by atoms with Gasteiger partial charge in [0.1, 0.15) is 4.99 Å². The second kappa shape index (κ2) is 9.44. The van der Waals surface area contributed by atoms with Crippen LogP contribution in [0.3, 0.4) is 0 Å². The Morgan fingerprint density at radius 1 is 1.20 bits per heavy atom. The van der Waals surface area contributed by atoms with Crippen molar-refractivity contribution in [3.63, 3.8) is 0 Å². The van der Waals surface area contributed by atoms with Crippen molar-refractivity contribution in [3.05, 3.63) is 35.4 Å². The van der Waals surface area contributed by atoms with E-state index >= 15 is 0 Å². The molecule has 110 valence electrons. The Hall–Kier alpha value is -1.46. The number of amides is 1. The monoisotopic (exact) mass is 294 g/mol. The molecule has 4 nitrogen and oxygen atoms in total. The predicted molar refractivity (Wildman–Crippen MR) is 85.0 cm³/mol. The van der Waals surface area contributed by atoms with Crippen molar-refractivity contribution in [2.75, 3.05) is 19.8 Å². The first-order chi connectivity index (χ1) is 9.65. The maximum absolute atomic E-state index is 11.8. The van der Waals surface area contributed by atoms with E-state index in [-0.39, 0.29) is 5.91 Å². The second-order valence-electron chi connectivity index (χ2n) is 4.52. The van der Waals surface area contributed by atoms with Gasteiger partial charge < -0.3 is 15.8 Å². The van der Waals surface area contributed by atoms with Gasteiger partial charge in [-0.15, -0.1) is 0 Å². The molecule has 0 aliphatic heterocycles. The average molecular weight is 294 g/mol. The summed E-state index contributed by atoms with van der Waals surface area (Å²) < 4.78 is 5.42. The predicted octanol–water partition coefficient (Wildman–Crippen LogP) is 2.26. The first-order valence-electron chi connectivity index (χ1n) is 6.91. The van der Waals surface area contributed by atoms with Crippen LogP contribution in [0.5, 0.6) is 0 Å². The normalized spacial score (nSPS) is 10.2. The fraction of sp³-hybridized carbons (Fsp3) is 0.467. The molecule has 0 aromatic heterocycles. The third kappa shape index (κ3) is 6.12. The molecular formula is C15H22N2O2S. The number of benzene rings is 1. The van der Waals surface area contributed by atoms with E-state index in [0.717, 1.165) is 31.4 Å². The molecule has 0 aliphatic rings. The Bertz CT molecular complexity index is 432. The van der Waals surface area contributed by atoms with Gasteiger partial charge in [-0.2, -0.15) is 0 Å². The zero-order valence-corrected chi connectivity index (χ0v) is 12.7. The molecule has 0 unspecified atom stereocenters. The summed E-state index contributed by atoms with van der Waals surface area (Å²) in [4.78, 5) is 12.2. The standard InChI is InChI=1S/C15H22N2O2S/c1-2-3-10-19-11-4-9-17-15(18)13-7-5-12(6-8-13)14(16)20/h5-8H,2-4,9-11H2,1H3,(H2,16,20)(H,17,18). The maximum Gasteiger partial charge on any atom is 0.251 e. The number of hydrogen-bond acceptors (Lipinski definition) is 3. The molecule has 0 bridgehead atoms. The fourth-order valence-corrected chi connectivity index (χ4v) is 1.75. The molecule has 0 saturated carbocycles. The highest BCUT2D eigenvalue weighted by Crippen LogP contribution is 2.04. The van der Waals surface area contributed by atoms with Gasteiger partial charge in [0.25, 0.3) is 5.91 Å². The lowest BCUT2D eigenvalue weighted by Gasteiger charge is -2.06. The summed E-state index contributed by atoms with van der Waals surface area (Å²) in [7, 11) is 0. The molecule has 0 heterocycles. The van der Waals surface area contributed by atoms with Gasteiger partial charge in [-0.3, -0.25) is 4.79 Å². The summed E-state index contributed by atoms with van der Waals surface area (Å²) >= 11 is 4.86. The number of ether oxygens (including phenoxy) is 1. The Balaban J connectivity index is 2.24. The van der Waals surface area contributed by atoms with Crippen LogP contribution in [-0.4, -0.2) is 30.7 Å². The molecule has 0 fully saturated rings. The highest BCUT2D eigenvalue weighted by molar-refractivity contribution is 7.80. The highest BCUT2D eigenvalue weighted by atomic mass is 32.1. The van der Waals surface area contributed by atoms with Crippen molar-refractivity contribution < 1.29 is 9.53 Å². The highest BCUT2D eigenvalue weighted by Gasteiger charge is 2.05. The number of thiocarbonyl (C=S) groups is 1. The van der Waals surface area contributed by atoms with Crippen LogP contribution in [0, 0.1) is 0 Å². The molecule has 5 heteroatoms. The van der Waals surface area contributed by atoms with E-state index in [0.29, 0.717) is 23.7 Å². The smallest absolute Gasteiger partial charge is 0.251 e. The van der Waals surface area contributed by atoms with Crippen molar-refractivity contribution in [1.29, 1.82) is 0 Å². The first-order valence-corrected chi connectivity index (χ1v) is 7.31. The van der Waals surface area contributed by atoms with Crippen LogP contribution in [0.25, 0.3) is 0 Å². The van der Waals surface area contributed by atoms with Gasteiger partial charge in [0.15, 0.2) is 0 Å². The minimum absolute atomic E-state index is 0.0898. The molecule has 1 rings (SSSR count). The van der Waals surface area contributed by atoms with E-state index in [9.17, 15) is 4.79 Å². The number of unbranched alkanes of at least 4 members (excludes halogenated alkanes) is 1. The van der Waals surface area contributed by atoms with E-state index in [1.807, 2.05) is 0 Å². The van der Waals surface area contributed by atoms with Crippen LogP contribution in [0.15, 0.2) is 24.3 Å². The van der Waals surface area contributed by atoms with Crippen LogP contribution in [0.2, 0.25) is 0 Å². The Labute approximate surface area is 125 Å². The van der Waals surface area contributed by atoms with E-state index < -0.39 is 0 Å². The molecule has 1 amide bonds. The van der Waals surface area contributed by atoms with Crippen LogP contribution >= 0.6 is 12.2 Å². The summed E-state index contributed by atoms with van der Waals surface area (Å²) in [6, 6.07) is 6.96. The van der Waals surface area contributed by atoms with Crippen molar-refractivity contribution in [2.45, 2.75) is 26.2 Å². The SMILES string of the molecule is CCCCOCCCNC(=O)c1ccc(C(N)=S)cc1. The summed E-state index contributed by atoms with van der Waals surface area (Å²) in [5.74, 6) is -0.0898. The van der Waals surface area contributed by atoms with Gasteiger partial charge >= 0.3 is 0 Å². The van der Waals surface area contributed by atoms with Crippen molar-refractivity contribution in [3.8, 4) is 0 Å². The summed E-state index contributed by atoms with van der Waals surface area (Å²) in [5, 5.41) is 2.86. The van der Waals surface area contributed by atoms with Gasteiger partial charge in [0, 0.05) is 30.9 Å². The van der Waals surface area contributed by atoms with E-state index in [4.69, 9.17) is 22.7 Å². The number of carbonyl (C=O) groups excluding carboxylic acids is 1. The maximum atomic E-state index is 11.8. The quantitative estimate of drug-likeness (QED) is 0.541.